The van der Waals surface area contributed by atoms with Crippen LogP contribution in [0.1, 0.15) is 56.2 Å². The van der Waals surface area contributed by atoms with Crippen LogP contribution in [-0.4, -0.2) is 16.8 Å². The summed E-state index contributed by atoms with van der Waals surface area (Å²) >= 11 is 0. The number of fused-ring (bicyclic) bond motifs is 3. The summed E-state index contributed by atoms with van der Waals surface area (Å²) in [6.07, 6.45) is 3.51. The smallest absolute Gasteiger partial charge is 0.119 e. The summed E-state index contributed by atoms with van der Waals surface area (Å²) < 4.78 is 0. The Morgan fingerprint density at radius 3 is 2.71 bits per heavy atom. The average molecular weight is 284 g/mol. The first kappa shape index (κ1) is 14.4. The van der Waals surface area contributed by atoms with Crippen LogP contribution in [0, 0.1) is 0 Å². The highest BCUT2D eigenvalue weighted by atomic mass is 16.3. The molecule has 1 aliphatic rings. The van der Waals surface area contributed by atoms with Gasteiger partial charge in [0.25, 0.3) is 0 Å². The maximum absolute atomic E-state index is 10.3. The van der Waals surface area contributed by atoms with Crippen LogP contribution in [0.2, 0.25) is 0 Å². The molecule has 0 aliphatic heterocycles. The highest BCUT2D eigenvalue weighted by Crippen LogP contribution is 2.41. The second kappa shape index (κ2) is 5.03. The van der Waals surface area contributed by atoms with Crippen LogP contribution < -0.4 is 0 Å². The lowest BCUT2D eigenvalue weighted by atomic mass is 9.71. The van der Waals surface area contributed by atoms with E-state index < -0.39 is 0 Å². The molecule has 0 bridgehead atoms. The van der Waals surface area contributed by atoms with Crippen molar-refractivity contribution in [2.75, 3.05) is 6.61 Å². The summed E-state index contributed by atoms with van der Waals surface area (Å²) in [4.78, 5) is 0. The predicted molar refractivity (Wildman–Crippen MR) is 87.1 cm³/mol. The first-order valence-corrected chi connectivity index (χ1v) is 7.84. The van der Waals surface area contributed by atoms with Gasteiger partial charge in [0.05, 0.1) is 0 Å². The van der Waals surface area contributed by atoms with Crippen LogP contribution in [-0.2, 0) is 11.8 Å². The summed E-state index contributed by atoms with van der Waals surface area (Å²) in [5, 5.41) is 22.0. The minimum Gasteiger partial charge on any atom is -0.508 e. The molecular weight excluding hydrogens is 260 g/mol. The molecule has 1 atom stereocenters. The van der Waals surface area contributed by atoms with Crippen LogP contribution in [0.5, 0.6) is 5.75 Å². The van der Waals surface area contributed by atoms with Gasteiger partial charge in [-0.3, -0.25) is 0 Å². The zero-order valence-corrected chi connectivity index (χ0v) is 13.1. The van der Waals surface area contributed by atoms with E-state index in [4.69, 9.17) is 0 Å². The molecule has 2 nitrogen and oxygen atoms in total. The Morgan fingerprint density at radius 2 is 2.00 bits per heavy atom. The van der Waals surface area contributed by atoms with Gasteiger partial charge in [-0.1, -0.05) is 32.9 Å². The number of benzene rings is 2. The van der Waals surface area contributed by atoms with Gasteiger partial charge in [-0.2, -0.15) is 0 Å². The Bertz CT molecular complexity index is 686. The van der Waals surface area contributed by atoms with Gasteiger partial charge < -0.3 is 10.2 Å². The molecule has 3 rings (SSSR count). The Labute approximate surface area is 126 Å². The van der Waals surface area contributed by atoms with Gasteiger partial charge in [-0.05, 0) is 64.3 Å². The fourth-order valence-corrected chi connectivity index (χ4v) is 3.68. The number of aliphatic hydroxyl groups is 1. The Morgan fingerprint density at radius 1 is 1.24 bits per heavy atom. The number of rotatable bonds is 2. The molecular formula is C19H24O2. The number of aryl methyl sites for hydroxylation is 1. The second-order valence-electron chi connectivity index (χ2n) is 7.04. The molecule has 21 heavy (non-hydrogen) atoms. The number of aliphatic hydroxyl groups excluding tert-OH is 1. The van der Waals surface area contributed by atoms with Gasteiger partial charge in [-0.15, -0.1) is 0 Å². The molecule has 1 aliphatic carbocycles. The lowest BCUT2D eigenvalue weighted by molar-refractivity contribution is 0.270. The Kier molecular flexibility index (Phi) is 3.45. The standard InChI is InChI=1S/C19H24O2/c1-12(11-20)15-9-13-6-7-17-14(16(13)10-18(15)21)5-4-8-19(17,2)3/h6-7,9-10,12,20-21H,4-5,8,11H2,1-3H3/t12-/m0/s1. The minimum absolute atomic E-state index is 0.0399. The molecule has 0 fully saturated rings. The molecule has 0 unspecified atom stereocenters. The third kappa shape index (κ3) is 2.32. The molecule has 2 aromatic carbocycles. The zero-order valence-electron chi connectivity index (χ0n) is 13.1. The Hall–Kier alpha value is -1.54. The first-order valence-electron chi connectivity index (χ1n) is 7.84. The molecule has 112 valence electrons. The van der Waals surface area contributed by atoms with E-state index in [-0.39, 0.29) is 17.9 Å². The van der Waals surface area contributed by atoms with Crippen molar-refractivity contribution >= 4 is 10.8 Å². The molecule has 2 N–H and O–H groups in total. The first-order chi connectivity index (χ1) is 9.94. The number of aromatic hydroxyl groups is 1. The van der Waals surface area contributed by atoms with Crippen LogP contribution in [0.15, 0.2) is 24.3 Å². The molecule has 0 saturated carbocycles. The van der Waals surface area contributed by atoms with Crippen molar-refractivity contribution in [2.45, 2.75) is 51.4 Å². The third-order valence-electron chi connectivity index (χ3n) is 5.04. The monoisotopic (exact) mass is 284 g/mol. The topological polar surface area (TPSA) is 40.5 Å². The molecule has 0 heterocycles. The SMILES string of the molecule is C[C@@H](CO)c1cc2ccc3c(c2cc1O)CCCC3(C)C. The summed E-state index contributed by atoms with van der Waals surface area (Å²) in [5.41, 5.74) is 3.86. The van der Waals surface area contributed by atoms with Crippen molar-refractivity contribution in [3.8, 4) is 5.75 Å². The van der Waals surface area contributed by atoms with Gasteiger partial charge >= 0.3 is 0 Å². The van der Waals surface area contributed by atoms with E-state index in [1.54, 1.807) is 0 Å². The number of phenolic OH excluding ortho intramolecular Hbond substituents is 1. The molecule has 0 saturated heterocycles. The average Bonchev–Trinajstić information content (AvgIpc) is 2.45. The van der Waals surface area contributed by atoms with E-state index in [0.29, 0.717) is 5.75 Å². The number of hydrogen-bond donors (Lipinski definition) is 2. The molecule has 0 spiro atoms. The zero-order chi connectivity index (χ0) is 15.2. The van der Waals surface area contributed by atoms with Crippen LogP contribution in [0.4, 0.5) is 0 Å². The maximum Gasteiger partial charge on any atom is 0.119 e. The van der Waals surface area contributed by atoms with Crippen molar-refractivity contribution in [1.82, 2.24) is 0 Å². The fourth-order valence-electron chi connectivity index (χ4n) is 3.68. The summed E-state index contributed by atoms with van der Waals surface area (Å²) in [5.74, 6) is 0.266. The van der Waals surface area contributed by atoms with Crippen molar-refractivity contribution < 1.29 is 10.2 Å². The van der Waals surface area contributed by atoms with Gasteiger partial charge in [0, 0.05) is 12.5 Å². The molecule has 0 amide bonds. The van der Waals surface area contributed by atoms with Gasteiger partial charge in [-0.25, -0.2) is 0 Å². The van der Waals surface area contributed by atoms with Crippen LogP contribution in [0.3, 0.4) is 0 Å². The predicted octanol–water partition coefficient (Wildman–Crippen LogP) is 4.26. The van der Waals surface area contributed by atoms with Crippen LogP contribution >= 0.6 is 0 Å². The highest BCUT2D eigenvalue weighted by molar-refractivity contribution is 5.89. The van der Waals surface area contributed by atoms with E-state index in [1.165, 1.54) is 34.7 Å². The van der Waals surface area contributed by atoms with Crippen molar-refractivity contribution in [2.24, 2.45) is 0 Å². The Balaban J connectivity index is 2.24. The van der Waals surface area contributed by atoms with Crippen LogP contribution in [0.25, 0.3) is 10.8 Å². The van der Waals surface area contributed by atoms with Gasteiger partial charge in [0.2, 0.25) is 0 Å². The van der Waals surface area contributed by atoms with E-state index in [1.807, 2.05) is 19.1 Å². The number of hydrogen-bond acceptors (Lipinski definition) is 2. The largest absolute Gasteiger partial charge is 0.508 e. The number of phenols is 1. The molecule has 0 aromatic heterocycles. The fraction of sp³-hybridized carbons (Fsp3) is 0.474. The summed E-state index contributed by atoms with van der Waals surface area (Å²) in [6.45, 7) is 6.59. The molecule has 2 heteroatoms. The summed E-state index contributed by atoms with van der Waals surface area (Å²) in [6, 6.07) is 8.35. The summed E-state index contributed by atoms with van der Waals surface area (Å²) in [7, 11) is 0. The van der Waals surface area contributed by atoms with Crippen molar-refractivity contribution in [3.05, 3.63) is 41.0 Å². The lowest BCUT2D eigenvalue weighted by Gasteiger charge is -2.33. The quantitative estimate of drug-likeness (QED) is 0.865. The second-order valence-corrected chi connectivity index (χ2v) is 7.04. The van der Waals surface area contributed by atoms with E-state index in [2.05, 4.69) is 26.0 Å². The highest BCUT2D eigenvalue weighted by Gasteiger charge is 2.28. The van der Waals surface area contributed by atoms with Crippen molar-refractivity contribution in [3.63, 3.8) is 0 Å². The maximum atomic E-state index is 10.3. The third-order valence-corrected chi connectivity index (χ3v) is 5.04. The van der Waals surface area contributed by atoms with E-state index in [0.717, 1.165) is 12.0 Å². The lowest BCUT2D eigenvalue weighted by Crippen LogP contribution is -2.23. The van der Waals surface area contributed by atoms with Crippen molar-refractivity contribution in [1.29, 1.82) is 0 Å². The normalized spacial score (nSPS) is 18.5. The molecule has 0 radical (unpaired) electrons. The van der Waals surface area contributed by atoms with Gasteiger partial charge in [0.1, 0.15) is 5.75 Å². The molecule has 2 aromatic rings. The van der Waals surface area contributed by atoms with E-state index in [9.17, 15) is 10.2 Å². The van der Waals surface area contributed by atoms with Gasteiger partial charge in [0.15, 0.2) is 0 Å². The minimum atomic E-state index is -0.0399. The van der Waals surface area contributed by atoms with E-state index >= 15 is 0 Å².